The summed E-state index contributed by atoms with van der Waals surface area (Å²) in [6, 6.07) is 4.37. The molecule has 1 aromatic rings. The van der Waals surface area contributed by atoms with Crippen LogP contribution in [0.4, 0.5) is 5.69 Å². The van der Waals surface area contributed by atoms with Crippen molar-refractivity contribution in [1.29, 1.82) is 0 Å². The van der Waals surface area contributed by atoms with Crippen LogP contribution >= 0.6 is 0 Å². The Balaban J connectivity index is 1.99. The van der Waals surface area contributed by atoms with Crippen molar-refractivity contribution in [2.45, 2.75) is 26.7 Å². The Kier molecular flexibility index (Phi) is 4.00. The van der Waals surface area contributed by atoms with Gasteiger partial charge in [0.05, 0.1) is 11.9 Å². The van der Waals surface area contributed by atoms with Crippen LogP contribution < -0.4 is 4.90 Å². The molecule has 0 N–H and O–H groups in total. The molecule has 0 atom stereocenters. The molecule has 3 nitrogen and oxygen atoms in total. The van der Waals surface area contributed by atoms with Crippen molar-refractivity contribution in [1.82, 2.24) is 9.88 Å². The zero-order valence-corrected chi connectivity index (χ0v) is 11.2. The maximum atomic E-state index is 4.54. The molecular weight excluding hydrogens is 210 g/mol. The molecule has 0 saturated carbocycles. The SMILES string of the molecule is CCN1CCN(c2ccc(C(C)C)nc2)CC1. The first-order valence-electron chi connectivity index (χ1n) is 6.64. The fraction of sp³-hybridized carbons (Fsp3) is 0.643. The van der Waals surface area contributed by atoms with Crippen LogP contribution in [-0.4, -0.2) is 42.6 Å². The van der Waals surface area contributed by atoms with Crippen LogP contribution in [-0.2, 0) is 0 Å². The third-order valence-electron chi connectivity index (χ3n) is 3.55. The summed E-state index contributed by atoms with van der Waals surface area (Å²) in [4.78, 5) is 9.46. The van der Waals surface area contributed by atoms with Gasteiger partial charge in [-0.25, -0.2) is 0 Å². The van der Waals surface area contributed by atoms with Crippen molar-refractivity contribution in [2.75, 3.05) is 37.6 Å². The average molecular weight is 233 g/mol. The van der Waals surface area contributed by atoms with E-state index < -0.39 is 0 Å². The molecule has 0 spiro atoms. The van der Waals surface area contributed by atoms with Crippen LogP contribution in [0.25, 0.3) is 0 Å². The molecule has 1 aliphatic heterocycles. The number of rotatable bonds is 3. The Morgan fingerprint density at radius 3 is 2.35 bits per heavy atom. The molecule has 1 saturated heterocycles. The molecular formula is C14H23N3. The van der Waals surface area contributed by atoms with Gasteiger partial charge in [-0.15, -0.1) is 0 Å². The normalized spacial score (nSPS) is 17.8. The molecule has 0 amide bonds. The van der Waals surface area contributed by atoms with Crippen LogP contribution in [0.15, 0.2) is 18.3 Å². The Morgan fingerprint density at radius 1 is 1.18 bits per heavy atom. The summed E-state index contributed by atoms with van der Waals surface area (Å²) in [6.07, 6.45) is 2.02. The van der Waals surface area contributed by atoms with Gasteiger partial charge in [0.25, 0.3) is 0 Å². The molecule has 0 unspecified atom stereocenters. The number of piperazine rings is 1. The molecule has 3 heteroatoms. The minimum atomic E-state index is 0.515. The summed E-state index contributed by atoms with van der Waals surface area (Å²) >= 11 is 0. The lowest BCUT2D eigenvalue weighted by molar-refractivity contribution is 0.271. The maximum absolute atomic E-state index is 4.54. The van der Waals surface area contributed by atoms with Gasteiger partial charge in [0.2, 0.25) is 0 Å². The zero-order chi connectivity index (χ0) is 12.3. The lowest BCUT2D eigenvalue weighted by Gasteiger charge is -2.35. The highest BCUT2D eigenvalue weighted by Crippen LogP contribution is 2.18. The lowest BCUT2D eigenvalue weighted by atomic mass is 10.1. The highest BCUT2D eigenvalue weighted by atomic mass is 15.3. The summed E-state index contributed by atoms with van der Waals surface area (Å²) in [5.74, 6) is 0.515. The number of aromatic nitrogens is 1. The first-order valence-corrected chi connectivity index (χ1v) is 6.64. The van der Waals surface area contributed by atoms with Gasteiger partial charge in [-0.1, -0.05) is 20.8 Å². The highest BCUT2D eigenvalue weighted by Gasteiger charge is 2.15. The number of nitrogens with zero attached hydrogens (tertiary/aromatic N) is 3. The van der Waals surface area contributed by atoms with E-state index in [1.165, 1.54) is 31.0 Å². The van der Waals surface area contributed by atoms with Crippen LogP contribution in [0.1, 0.15) is 32.4 Å². The minimum absolute atomic E-state index is 0.515. The quantitative estimate of drug-likeness (QED) is 0.799. The Hall–Kier alpha value is -1.09. The predicted molar refractivity (Wildman–Crippen MR) is 72.7 cm³/mol. The zero-order valence-electron chi connectivity index (χ0n) is 11.2. The molecule has 0 aliphatic carbocycles. The Morgan fingerprint density at radius 2 is 1.88 bits per heavy atom. The van der Waals surface area contributed by atoms with Crippen LogP contribution in [0, 0.1) is 0 Å². The van der Waals surface area contributed by atoms with Gasteiger partial charge < -0.3 is 9.80 Å². The van der Waals surface area contributed by atoms with Gasteiger partial charge in [0.15, 0.2) is 0 Å². The molecule has 0 aromatic carbocycles. The second-order valence-corrected chi connectivity index (χ2v) is 5.02. The van der Waals surface area contributed by atoms with Crippen LogP contribution in [0.2, 0.25) is 0 Å². The van der Waals surface area contributed by atoms with Crippen molar-refractivity contribution in [3.63, 3.8) is 0 Å². The van der Waals surface area contributed by atoms with Crippen molar-refractivity contribution < 1.29 is 0 Å². The van der Waals surface area contributed by atoms with Gasteiger partial charge in [-0.3, -0.25) is 4.98 Å². The Labute approximate surface area is 104 Å². The van der Waals surface area contributed by atoms with Crippen LogP contribution in [0.5, 0.6) is 0 Å². The monoisotopic (exact) mass is 233 g/mol. The predicted octanol–water partition coefficient (Wildman–Crippen LogP) is 2.35. The van der Waals surface area contributed by atoms with Gasteiger partial charge >= 0.3 is 0 Å². The summed E-state index contributed by atoms with van der Waals surface area (Å²) in [5.41, 5.74) is 2.45. The van der Waals surface area contributed by atoms with E-state index in [-0.39, 0.29) is 0 Å². The van der Waals surface area contributed by atoms with E-state index in [1.54, 1.807) is 0 Å². The molecule has 94 valence electrons. The van der Waals surface area contributed by atoms with E-state index in [0.29, 0.717) is 5.92 Å². The van der Waals surface area contributed by atoms with E-state index in [1.807, 2.05) is 6.20 Å². The number of hydrogen-bond donors (Lipinski definition) is 0. The van der Waals surface area contributed by atoms with E-state index in [9.17, 15) is 0 Å². The molecule has 0 bridgehead atoms. The average Bonchev–Trinajstić information content (AvgIpc) is 2.39. The largest absolute Gasteiger partial charge is 0.368 e. The van der Waals surface area contributed by atoms with E-state index in [4.69, 9.17) is 0 Å². The van der Waals surface area contributed by atoms with Crippen molar-refractivity contribution in [3.05, 3.63) is 24.0 Å². The maximum Gasteiger partial charge on any atom is 0.0553 e. The highest BCUT2D eigenvalue weighted by molar-refractivity contribution is 5.45. The third-order valence-corrected chi connectivity index (χ3v) is 3.55. The van der Waals surface area contributed by atoms with E-state index in [2.05, 4.69) is 47.7 Å². The molecule has 17 heavy (non-hydrogen) atoms. The number of pyridine rings is 1. The fourth-order valence-electron chi connectivity index (χ4n) is 2.25. The van der Waals surface area contributed by atoms with Crippen molar-refractivity contribution >= 4 is 5.69 Å². The second-order valence-electron chi connectivity index (χ2n) is 5.02. The molecule has 1 aliphatic rings. The van der Waals surface area contributed by atoms with Gasteiger partial charge in [0, 0.05) is 31.9 Å². The lowest BCUT2D eigenvalue weighted by Crippen LogP contribution is -2.46. The topological polar surface area (TPSA) is 19.4 Å². The minimum Gasteiger partial charge on any atom is -0.368 e. The third kappa shape index (κ3) is 2.97. The van der Waals surface area contributed by atoms with Crippen molar-refractivity contribution in [3.8, 4) is 0 Å². The van der Waals surface area contributed by atoms with E-state index >= 15 is 0 Å². The molecule has 2 heterocycles. The summed E-state index contributed by atoms with van der Waals surface area (Å²) in [6.45, 7) is 12.3. The first kappa shape index (κ1) is 12.4. The van der Waals surface area contributed by atoms with Gasteiger partial charge in [-0.2, -0.15) is 0 Å². The smallest absolute Gasteiger partial charge is 0.0553 e. The molecule has 2 rings (SSSR count). The Bertz CT molecular complexity index is 337. The second kappa shape index (κ2) is 5.50. The molecule has 1 aromatic heterocycles. The molecule has 1 fully saturated rings. The molecule has 0 radical (unpaired) electrons. The van der Waals surface area contributed by atoms with E-state index in [0.717, 1.165) is 13.1 Å². The fourth-order valence-corrected chi connectivity index (χ4v) is 2.25. The standard InChI is InChI=1S/C14H23N3/c1-4-16-7-9-17(10-8-16)13-5-6-14(12(2)3)15-11-13/h5-6,11-12H,4,7-10H2,1-3H3. The number of anilines is 1. The van der Waals surface area contributed by atoms with Crippen molar-refractivity contribution in [2.24, 2.45) is 0 Å². The first-order chi connectivity index (χ1) is 8.20. The number of likely N-dealkylation sites (N-methyl/N-ethyl adjacent to an activating group) is 1. The van der Waals surface area contributed by atoms with Crippen LogP contribution in [0.3, 0.4) is 0 Å². The summed E-state index contributed by atoms with van der Waals surface area (Å²) in [5, 5.41) is 0. The number of hydrogen-bond acceptors (Lipinski definition) is 3. The van der Waals surface area contributed by atoms with Gasteiger partial charge in [-0.05, 0) is 24.6 Å². The summed E-state index contributed by atoms with van der Waals surface area (Å²) < 4.78 is 0. The summed E-state index contributed by atoms with van der Waals surface area (Å²) in [7, 11) is 0. The van der Waals surface area contributed by atoms with Gasteiger partial charge in [0.1, 0.15) is 0 Å².